The van der Waals surface area contributed by atoms with Gasteiger partial charge >= 0.3 is 0 Å². The number of fused-ring (bicyclic) bond motifs is 1. The van der Waals surface area contributed by atoms with Crippen LogP contribution in [-0.4, -0.2) is 5.11 Å². The van der Waals surface area contributed by atoms with Gasteiger partial charge in [-0.2, -0.15) is 0 Å². The molecule has 6 aromatic rings. The summed E-state index contributed by atoms with van der Waals surface area (Å²) in [5.41, 5.74) is 7.54. The number of aromatic hydroxyl groups is 1. The molecule has 2 heteroatoms. The summed E-state index contributed by atoms with van der Waals surface area (Å²) in [7, 11) is -0.715. The molecule has 0 aliphatic heterocycles. The van der Waals surface area contributed by atoms with Gasteiger partial charge in [0, 0.05) is 0 Å². The van der Waals surface area contributed by atoms with Gasteiger partial charge in [0.25, 0.3) is 0 Å². The van der Waals surface area contributed by atoms with Crippen LogP contribution in [0.1, 0.15) is 22.3 Å². The van der Waals surface area contributed by atoms with Crippen LogP contribution in [0.25, 0.3) is 21.9 Å². The molecule has 1 N–H and O–H groups in total. The second-order valence-electron chi connectivity index (χ2n) is 10.7. The quantitative estimate of drug-likeness (QED) is 0.228. The van der Waals surface area contributed by atoms with Crippen LogP contribution in [0, 0.1) is 0 Å². The van der Waals surface area contributed by atoms with Crippen LogP contribution in [0.3, 0.4) is 0 Å². The minimum Gasteiger partial charge on any atom is -0.508 e. The van der Waals surface area contributed by atoms with Crippen molar-refractivity contribution in [1.82, 2.24) is 0 Å². The zero-order valence-electron chi connectivity index (χ0n) is 22.4. The van der Waals surface area contributed by atoms with Crippen molar-refractivity contribution >= 4 is 34.6 Å². The Balaban J connectivity index is 1.43. The van der Waals surface area contributed by atoms with Gasteiger partial charge in [-0.05, 0) is 112 Å². The summed E-state index contributed by atoms with van der Waals surface area (Å²) in [5, 5.41) is 17.3. The Hall–Kier alpha value is -4.19. The molecule has 0 heterocycles. The molecule has 6 aromatic carbocycles. The number of phenolic OH excluding ortho intramolecular Hbond substituents is 1. The Morgan fingerprint density at radius 2 is 1.05 bits per heavy atom. The van der Waals surface area contributed by atoms with Crippen LogP contribution < -0.4 is 15.9 Å². The predicted molar refractivity (Wildman–Crippen MR) is 171 cm³/mol. The first-order valence-electron chi connectivity index (χ1n) is 14.1. The van der Waals surface area contributed by atoms with E-state index < -0.39 is 7.92 Å². The molecule has 0 spiro atoms. The summed E-state index contributed by atoms with van der Waals surface area (Å²) >= 11 is 0. The van der Waals surface area contributed by atoms with Crippen molar-refractivity contribution in [3.05, 3.63) is 156 Å². The van der Waals surface area contributed by atoms with E-state index in [0.717, 1.165) is 31.2 Å². The normalized spacial score (nSPS) is 12.9. The molecule has 4 bridgehead atoms. The van der Waals surface area contributed by atoms with Gasteiger partial charge < -0.3 is 5.11 Å². The van der Waals surface area contributed by atoms with Gasteiger partial charge in [-0.3, -0.25) is 0 Å². The molecule has 1 nitrogen and oxygen atoms in total. The fourth-order valence-electron chi connectivity index (χ4n) is 6.03. The maximum absolute atomic E-state index is 10.6. The average Bonchev–Trinajstić information content (AvgIpc) is 2.99. The van der Waals surface area contributed by atoms with E-state index in [1.54, 1.807) is 0 Å². The first-order valence-corrected chi connectivity index (χ1v) is 15.4. The molecule has 0 saturated heterocycles. The predicted octanol–water partition coefficient (Wildman–Crippen LogP) is 7.85. The van der Waals surface area contributed by atoms with Crippen molar-refractivity contribution in [1.29, 1.82) is 0 Å². The third-order valence-corrected chi connectivity index (χ3v) is 10.5. The molecule has 194 valence electrons. The molecule has 0 fully saturated rings. The fourth-order valence-corrected chi connectivity index (χ4v) is 8.39. The fraction of sp³-hybridized carbons (Fsp3) is 0.105. The van der Waals surface area contributed by atoms with E-state index in [-0.39, 0.29) is 0 Å². The molecular weight excluding hydrogens is 503 g/mol. The van der Waals surface area contributed by atoms with Crippen molar-refractivity contribution in [2.24, 2.45) is 0 Å². The van der Waals surface area contributed by atoms with E-state index in [4.69, 9.17) is 0 Å². The summed E-state index contributed by atoms with van der Waals surface area (Å²) < 4.78 is 0. The first kappa shape index (κ1) is 24.8. The van der Waals surface area contributed by atoms with Crippen molar-refractivity contribution < 1.29 is 5.11 Å². The van der Waals surface area contributed by atoms with Crippen molar-refractivity contribution in [3.63, 3.8) is 0 Å². The van der Waals surface area contributed by atoms with Gasteiger partial charge in [0.15, 0.2) is 0 Å². The largest absolute Gasteiger partial charge is 0.508 e. The maximum Gasteiger partial charge on any atom is 0.119 e. The number of aryl methyl sites for hydroxylation is 4. The lowest BCUT2D eigenvalue weighted by atomic mass is 9.88. The highest BCUT2D eigenvalue weighted by Crippen LogP contribution is 2.39. The molecule has 4 aliphatic rings. The maximum atomic E-state index is 10.6. The highest BCUT2D eigenvalue weighted by atomic mass is 31.1. The minimum atomic E-state index is -0.715. The number of benzene rings is 6. The van der Waals surface area contributed by atoms with E-state index in [9.17, 15) is 5.11 Å². The number of hydrogen-bond donors (Lipinski definition) is 1. The second kappa shape index (κ2) is 10.8. The number of hydrogen-bond acceptors (Lipinski definition) is 1. The molecule has 0 amide bonds. The molecular formula is C38H31OP. The first-order chi connectivity index (χ1) is 19.7. The van der Waals surface area contributed by atoms with Crippen molar-refractivity contribution in [2.45, 2.75) is 25.7 Å². The van der Waals surface area contributed by atoms with Crippen molar-refractivity contribution in [3.8, 4) is 16.9 Å². The number of phenols is 1. The second-order valence-corrected chi connectivity index (χ2v) is 12.9. The van der Waals surface area contributed by atoms with Crippen LogP contribution >= 0.6 is 7.92 Å². The van der Waals surface area contributed by atoms with E-state index in [0.29, 0.717) is 5.75 Å². The van der Waals surface area contributed by atoms with Gasteiger partial charge in [-0.15, -0.1) is 0 Å². The lowest BCUT2D eigenvalue weighted by Crippen LogP contribution is -2.20. The Morgan fingerprint density at radius 3 is 1.75 bits per heavy atom. The summed E-state index contributed by atoms with van der Waals surface area (Å²) in [6.07, 6.45) is 3.56. The van der Waals surface area contributed by atoms with Gasteiger partial charge in [0.1, 0.15) is 5.75 Å². The molecule has 0 unspecified atom stereocenters. The lowest BCUT2D eigenvalue weighted by molar-refractivity contribution is 0.467. The van der Waals surface area contributed by atoms with E-state index in [1.807, 2.05) is 6.07 Å². The van der Waals surface area contributed by atoms with Crippen LogP contribution in [-0.2, 0) is 25.7 Å². The summed E-state index contributed by atoms with van der Waals surface area (Å²) in [6, 6.07) is 49.0. The molecule has 4 aliphatic carbocycles. The molecule has 0 saturated carbocycles. The Kier molecular flexibility index (Phi) is 6.68. The highest BCUT2D eigenvalue weighted by molar-refractivity contribution is 7.79. The highest BCUT2D eigenvalue weighted by Gasteiger charge is 2.20. The van der Waals surface area contributed by atoms with Crippen LogP contribution in [0.2, 0.25) is 0 Å². The van der Waals surface area contributed by atoms with Crippen LogP contribution in [0.5, 0.6) is 5.75 Å². The zero-order valence-corrected chi connectivity index (χ0v) is 23.3. The average molecular weight is 535 g/mol. The topological polar surface area (TPSA) is 20.2 Å². The smallest absolute Gasteiger partial charge is 0.119 e. The molecule has 40 heavy (non-hydrogen) atoms. The molecule has 0 aromatic heterocycles. The monoisotopic (exact) mass is 534 g/mol. The lowest BCUT2D eigenvalue weighted by Gasteiger charge is -2.22. The molecule has 0 radical (unpaired) electrons. The van der Waals surface area contributed by atoms with E-state index in [1.165, 1.54) is 54.5 Å². The van der Waals surface area contributed by atoms with Gasteiger partial charge in [-0.1, -0.05) is 115 Å². The van der Waals surface area contributed by atoms with Crippen LogP contribution in [0.15, 0.2) is 133 Å². The third-order valence-electron chi connectivity index (χ3n) is 8.11. The van der Waals surface area contributed by atoms with Gasteiger partial charge in [0.2, 0.25) is 0 Å². The molecule has 0 atom stereocenters. The van der Waals surface area contributed by atoms with Crippen LogP contribution in [0.4, 0.5) is 0 Å². The van der Waals surface area contributed by atoms with E-state index in [2.05, 4.69) is 127 Å². The molecule has 10 rings (SSSR count). The minimum absolute atomic E-state index is 0.432. The van der Waals surface area contributed by atoms with Gasteiger partial charge in [0.05, 0.1) is 0 Å². The SMILES string of the molecule is Oc1cc2ccc1CCc1ccc(c(-c3cc(P(c4ccccc4)c4ccccc4)cc4ccccc34)c1)CC2. The third kappa shape index (κ3) is 4.83. The zero-order chi connectivity index (χ0) is 26.9. The Bertz CT molecular complexity index is 1770. The standard InChI is InChI=1S/C38H31OP/c39-38-24-28-16-20-29-19-15-27(17-21-30(38)22-18-28)23-36(29)37-26-34(25-31-9-7-8-14-35(31)37)40(32-10-3-1-4-11-32)33-12-5-2-6-13-33/h1-15,18-19,22-26,39H,16-17,20-21H2. The van der Waals surface area contributed by atoms with Crippen molar-refractivity contribution in [2.75, 3.05) is 0 Å². The summed E-state index contributed by atoms with van der Waals surface area (Å²) in [6.45, 7) is 0. The van der Waals surface area contributed by atoms with Gasteiger partial charge in [-0.25, -0.2) is 0 Å². The Labute approximate surface area is 237 Å². The number of rotatable bonds is 4. The summed E-state index contributed by atoms with van der Waals surface area (Å²) in [4.78, 5) is 0. The Morgan fingerprint density at radius 1 is 0.450 bits per heavy atom. The summed E-state index contributed by atoms with van der Waals surface area (Å²) in [5.74, 6) is 0.432. The van der Waals surface area contributed by atoms with E-state index >= 15 is 0 Å².